The number of rotatable bonds is 0. The van der Waals surface area contributed by atoms with E-state index in [0.29, 0.717) is 0 Å². The van der Waals surface area contributed by atoms with Crippen LogP contribution in [0.4, 0.5) is 18.6 Å². The maximum atomic E-state index is 8.50. The molecule has 0 aliphatic rings. The Morgan fingerprint density at radius 1 is 1.00 bits per heavy atom. The molecule has 0 saturated carbocycles. The van der Waals surface area contributed by atoms with Gasteiger partial charge in [0.2, 0.25) is 0 Å². The second-order valence-electron chi connectivity index (χ2n) is 0. The van der Waals surface area contributed by atoms with Crippen LogP contribution in [0.5, 0.6) is 0 Å². The van der Waals surface area contributed by atoms with Gasteiger partial charge in [0.05, 0.1) is 0 Å². The molecule has 0 unspecified atom stereocenters. The molecule has 7 heteroatoms. The molecule has 0 aromatic rings. The van der Waals surface area contributed by atoms with Gasteiger partial charge in [0.25, 0.3) is 0 Å². The molecule has 0 aliphatic carbocycles. The van der Waals surface area contributed by atoms with E-state index in [1.165, 1.54) is 0 Å². The molecule has 2 nitrogen and oxygen atoms in total. The standard InChI is InChI=1S/Co.FHO.3FH.O/c;1-2;;;;/h;2H;3*1H;. The maximum absolute atomic E-state index is 8.50. The fourth-order valence-electron chi connectivity index (χ4n) is 0. The molecule has 0 aliphatic heterocycles. The van der Waals surface area contributed by atoms with Gasteiger partial charge in [0, 0.05) is 0 Å². The van der Waals surface area contributed by atoms with Crippen LogP contribution in [0.1, 0.15) is 0 Å². The van der Waals surface area contributed by atoms with E-state index in [4.69, 9.17) is 13.7 Å². The summed E-state index contributed by atoms with van der Waals surface area (Å²) in [5.74, 6) is 0. The van der Waals surface area contributed by atoms with Crippen LogP contribution < -0.4 is 0 Å². The predicted molar refractivity (Wildman–Crippen MR) is 11.5 cm³/mol. The number of halogens is 4. The molecule has 7 heavy (non-hydrogen) atoms. The molecule has 0 saturated heterocycles. The molecule has 0 aromatic carbocycles. The van der Waals surface area contributed by atoms with E-state index in [9.17, 15) is 0 Å². The van der Waals surface area contributed by atoms with Gasteiger partial charge in [0.15, 0.2) is 0 Å². The first-order valence-electron chi connectivity index (χ1n) is 0.305. The Kier molecular flexibility index (Phi) is 7400000. The first-order chi connectivity index (χ1) is 2.00. The molecule has 53 valence electrons. The van der Waals surface area contributed by atoms with Crippen molar-refractivity contribution in [1.82, 2.24) is 0 Å². The molecule has 0 aromatic heterocycles. The average molecular weight is 171 g/mol. The molecular weight excluding hydrogens is 167 g/mol. The summed E-state index contributed by atoms with van der Waals surface area (Å²) in [4.78, 5) is 0. The minimum atomic E-state index is 0. The van der Waals surface area contributed by atoms with Gasteiger partial charge < -0.3 is 0 Å². The molecule has 0 amide bonds. The van der Waals surface area contributed by atoms with E-state index in [-0.39, 0.29) is 14.1 Å². The first-order valence-corrected chi connectivity index (χ1v) is 0.730. The Labute approximate surface area is 44.5 Å². The fraction of sp³-hybridized carbons (Fsp3) is 0. The van der Waals surface area contributed by atoms with Gasteiger partial charge in [-0.1, -0.05) is 4.53 Å². The normalized spacial score (nSPS) is 1.57. The molecule has 0 bridgehead atoms. The summed E-state index contributed by atoms with van der Waals surface area (Å²) in [6, 6.07) is 0. The molecule has 0 rings (SSSR count). The minimum absolute atomic E-state index is 0. The van der Waals surface area contributed by atoms with Crippen LogP contribution in [0.15, 0.2) is 0 Å². The third-order valence-electron chi connectivity index (χ3n) is 0. The van der Waals surface area contributed by atoms with Crippen molar-refractivity contribution >= 4 is 0 Å². The summed E-state index contributed by atoms with van der Waals surface area (Å²) in [5.41, 5.74) is 0. The van der Waals surface area contributed by atoms with Gasteiger partial charge in [-0.25, -0.2) is 5.31 Å². The van der Waals surface area contributed by atoms with Crippen LogP contribution in [0.2, 0.25) is 0 Å². The Morgan fingerprint density at radius 2 is 1.00 bits per heavy atom. The summed E-state index contributed by atoms with van der Waals surface area (Å²) in [6.07, 6.45) is 0. The fourth-order valence-corrected chi connectivity index (χ4v) is 0. The van der Waals surface area contributed by atoms with Gasteiger partial charge in [-0.2, -0.15) is 0 Å². The monoisotopic (exact) mass is 171 g/mol. The zero-order valence-electron chi connectivity index (χ0n) is 2.79. The van der Waals surface area contributed by atoms with Crippen LogP contribution in [-0.2, 0) is 19.5 Å². The van der Waals surface area contributed by atoms with Crippen molar-refractivity contribution in [2.24, 2.45) is 0 Å². The van der Waals surface area contributed by atoms with Gasteiger partial charge in [0.1, 0.15) is 0 Å². The molecule has 0 atom stereocenters. The van der Waals surface area contributed by atoms with E-state index >= 15 is 0 Å². The quantitative estimate of drug-likeness (QED) is 0.528. The van der Waals surface area contributed by atoms with Crippen molar-refractivity contribution in [3.63, 3.8) is 0 Å². The van der Waals surface area contributed by atoms with Crippen molar-refractivity contribution in [1.29, 1.82) is 0 Å². The van der Waals surface area contributed by atoms with Crippen molar-refractivity contribution in [2.45, 2.75) is 0 Å². The second-order valence-corrected chi connectivity index (χ2v) is 0. The van der Waals surface area contributed by atoms with Crippen LogP contribution in [0.3, 0.4) is 0 Å². The molecule has 0 radical (unpaired) electrons. The van der Waals surface area contributed by atoms with Gasteiger partial charge in [-0.3, -0.25) is 14.1 Å². The summed E-state index contributed by atoms with van der Waals surface area (Å²) in [6.45, 7) is 0. The third-order valence-corrected chi connectivity index (χ3v) is 0. The van der Waals surface area contributed by atoms with Crippen LogP contribution in [0, 0.1) is 0 Å². The molecule has 0 heterocycles. The number of hydrogen-bond donors (Lipinski definition) is 1. The van der Waals surface area contributed by atoms with E-state index in [1.54, 1.807) is 0 Å². The van der Waals surface area contributed by atoms with Crippen molar-refractivity contribution in [3.05, 3.63) is 0 Å². The second kappa shape index (κ2) is 816000. The van der Waals surface area contributed by atoms with Crippen LogP contribution in [-0.4, -0.2) is 5.31 Å². The van der Waals surface area contributed by atoms with Crippen molar-refractivity contribution in [2.75, 3.05) is 0 Å². The SMILES string of the molecule is F.F.F.OF.[O]=[Co]. The predicted octanol–water partition coefficient (Wildman–Crippen LogP) is 0.199. The van der Waals surface area contributed by atoms with E-state index in [0.717, 1.165) is 0 Å². The Balaban J connectivity index is -0.00000000267. The van der Waals surface area contributed by atoms with Crippen LogP contribution in [0.25, 0.3) is 0 Å². The Bertz CT molecular complexity index is 9.65. The topological polar surface area (TPSA) is 37.3 Å². The molecular formula is H4CoF4O2. The van der Waals surface area contributed by atoms with E-state index in [1.807, 2.05) is 0 Å². The zero-order valence-corrected chi connectivity index (χ0v) is 3.83. The van der Waals surface area contributed by atoms with E-state index < -0.39 is 0 Å². The van der Waals surface area contributed by atoms with Gasteiger partial charge in [-0.15, -0.1) is 0 Å². The number of hydrogen-bond acceptors (Lipinski definition) is 2. The first kappa shape index (κ1) is 63.4. The molecule has 1 N–H and O–H groups in total. The van der Waals surface area contributed by atoms with Crippen molar-refractivity contribution in [3.8, 4) is 0 Å². The Morgan fingerprint density at radius 3 is 1.00 bits per heavy atom. The Hall–Kier alpha value is -0.0135. The molecule has 0 spiro atoms. The average Bonchev–Trinajstić information content (AvgIpc) is 1.50. The van der Waals surface area contributed by atoms with Gasteiger partial charge in [-0.05, 0) is 0 Å². The summed E-state index contributed by atoms with van der Waals surface area (Å²) >= 11 is 2.31. The van der Waals surface area contributed by atoms with Gasteiger partial charge >= 0.3 is 19.5 Å². The third kappa shape index (κ3) is 522000. The van der Waals surface area contributed by atoms with E-state index in [2.05, 4.69) is 15.7 Å². The summed E-state index contributed by atoms with van der Waals surface area (Å²) in [7, 11) is 0. The molecule has 0 fully saturated rings. The van der Waals surface area contributed by atoms with Crippen molar-refractivity contribution < 1.29 is 43.5 Å². The zero-order chi connectivity index (χ0) is 4.00. The summed E-state index contributed by atoms with van der Waals surface area (Å²) in [5, 5.41) is 5.50. The van der Waals surface area contributed by atoms with Crippen LogP contribution >= 0.6 is 0 Å². The summed E-state index contributed by atoms with van der Waals surface area (Å²) < 4.78 is 16.4.